The molecule has 132 valence electrons. The molecule has 4 rings (SSSR count). The van der Waals surface area contributed by atoms with Crippen LogP contribution in [-0.4, -0.2) is 22.6 Å². The molecule has 1 amide bonds. The highest BCUT2D eigenvalue weighted by Gasteiger charge is 2.35. The van der Waals surface area contributed by atoms with Crippen LogP contribution in [0, 0.1) is 13.8 Å². The minimum Gasteiger partial charge on any atom is -0.334 e. The van der Waals surface area contributed by atoms with Crippen molar-refractivity contribution in [2.45, 2.75) is 26.2 Å². The fraction of sp³-hybridized carbons (Fsp3) is 0.250. The number of halogens is 1. The highest BCUT2D eigenvalue weighted by Crippen LogP contribution is 2.35. The predicted octanol–water partition coefficient (Wildman–Crippen LogP) is 4.53. The zero-order chi connectivity index (χ0) is 18.3. The molecule has 1 fully saturated rings. The minimum atomic E-state index is -0.109. The van der Waals surface area contributed by atoms with E-state index in [1.165, 1.54) is 0 Å². The molecule has 1 saturated heterocycles. The number of aryl methyl sites for hydroxylation is 2. The van der Waals surface area contributed by atoms with Gasteiger partial charge >= 0.3 is 0 Å². The van der Waals surface area contributed by atoms with Crippen molar-refractivity contribution in [3.05, 3.63) is 64.4 Å². The van der Waals surface area contributed by atoms with Gasteiger partial charge in [-0.3, -0.25) is 4.79 Å². The first-order valence-corrected chi connectivity index (χ1v) is 8.86. The van der Waals surface area contributed by atoms with E-state index in [2.05, 4.69) is 10.1 Å². The van der Waals surface area contributed by atoms with Crippen LogP contribution in [0.5, 0.6) is 0 Å². The van der Waals surface area contributed by atoms with E-state index in [9.17, 15) is 4.79 Å². The number of benzene rings is 2. The molecule has 1 aliphatic rings. The fourth-order valence-electron chi connectivity index (χ4n) is 3.24. The topological polar surface area (TPSA) is 59.2 Å². The molecule has 5 nitrogen and oxygen atoms in total. The van der Waals surface area contributed by atoms with Gasteiger partial charge in [0.05, 0.1) is 10.7 Å². The summed E-state index contributed by atoms with van der Waals surface area (Å²) >= 11 is 6.32. The molecule has 2 aromatic carbocycles. The largest absolute Gasteiger partial charge is 0.334 e. The lowest BCUT2D eigenvalue weighted by molar-refractivity contribution is -0.117. The van der Waals surface area contributed by atoms with Crippen molar-refractivity contribution in [1.82, 2.24) is 10.1 Å². The van der Waals surface area contributed by atoms with Gasteiger partial charge in [-0.25, -0.2) is 0 Å². The van der Waals surface area contributed by atoms with Gasteiger partial charge in [-0.2, -0.15) is 4.98 Å². The van der Waals surface area contributed by atoms with Gasteiger partial charge in [-0.05, 0) is 43.7 Å². The molecule has 0 saturated carbocycles. The number of amides is 1. The lowest BCUT2D eigenvalue weighted by Gasteiger charge is -2.18. The summed E-state index contributed by atoms with van der Waals surface area (Å²) in [6.45, 7) is 4.48. The summed E-state index contributed by atoms with van der Waals surface area (Å²) in [5.74, 6) is 0.938. The lowest BCUT2D eigenvalue weighted by atomic mass is 10.1. The van der Waals surface area contributed by atoms with Gasteiger partial charge in [-0.1, -0.05) is 40.5 Å². The first-order chi connectivity index (χ1) is 12.5. The maximum absolute atomic E-state index is 12.5. The molecule has 1 unspecified atom stereocenters. The SMILES string of the molecule is Cc1cccc(-c2nc(C3CC(=O)N(c4ccc(C)cc4Cl)C3)no2)c1. The summed E-state index contributed by atoms with van der Waals surface area (Å²) in [7, 11) is 0. The van der Waals surface area contributed by atoms with Gasteiger partial charge in [0.2, 0.25) is 5.91 Å². The highest BCUT2D eigenvalue weighted by atomic mass is 35.5. The number of hydrogen-bond acceptors (Lipinski definition) is 4. The van der Waals surface area contributed by atoms with E-state index in [4.69, 9.17) is 16.1 Å². The third-order valence-electron chi connectivity index (χ3n) is 4.59. The maximum atomic E-state index is 12.5. The number of rotatable bonds is 3. The van der Waals surface area contributed by atoms with Crippen molar-refractivity contribution in [2.75, 3.05) is 11.4 Å². The average molecular weight is 368 g/mol. The zero-order valence-corrected chi connectivity index (χ0v) is 15.3. The van der Waals surface area contributed by atoms with Crippen molar-refractivity contribution in [3.8, 4) is 11.5 Å². The van der Waals surface area contributed by atoms with E-state index in [-0.39, 0.29) is 11.8 Å². The van der Waals surface area contributed by atoms with Gasteiger partial charge < -0.3 is 9.42 Å². The van der Waals surface area contributed by atoms with Crippen LogP contribution in [0.4, 0.5) is 5.69 Å². The summed E-state index contributed by atoms with van der Waals surface area (Å²) in [5, 5.41) is 4.68. The Kier molecular flexibility index (Phi) is 4.24. The Morgan fingerprint density at radius 2 is 1.96 bits per heavy atom. The molecule has 0 N–H and O–H groups in total. The van der Waals surface area contributed by atoms with E-state index < -0.39 is 0 Å². The first kappa shape index (κ1) is 16.8. The number of anilines is 1. The summed E-state index contributed by atoms with van der Waals surface area (Å²) < 4.78 is 5.42. The number of carbonyl (C=O) groups excluding carboxylic acids is 1. The van der Waals surface area contributed by atoms with Crippen LogP contribution < -0.4 is 4.90 Å². The van der Waals surface area contributed by atoms with Crippen molar-refractivity contribution in [3.63, 3.8) is 0 Å². The molecule has 1 aromatic heterocycles. The van der Waals surface area contributed by atoms with Crippen LogP contribution in [0.25, 0.3) is 11.5 Å². The van der Waals surface area contributed by atoms with Crippen molar-refractivity contribution in [2.24, 2.45) is 0 Å². The average Bonchev–Trinajstić information content (AvgIpc) is 3.22. The third-order valence-corrected chi connectivity index (χ3v) is 4.89. The fourth-order valence-corrected chi connectivity index (χ4v) is 3.58. The molecular weight excluding hydrogens is 350 g/mol. The van der Waals surface area contributed by atoms with Gasteiger partial charge in [0.15, 0.2) is 5.82 Å². The molecule has 3 aromatic rings. The number of carbonyl (C=O) groups is 1. The molecule has 6 heteroatoms. The van der Waals surface area contributed by atoms with Crippen LogP contribution in [0.2, 0.25) is 5.02 Å². The Morgan fingerprint density at radius 3 is 2.73 bits per heavy atom. The van der Waals surface area contributed by atoms with Crippen molar-refractivity contribution in [1.29, 1.82) is 0 Å². The quantitative estimate of drug-likeness (QED) is 0.682. The van der Waals surface area contributed by atoms with Crippen molar-refractivity contribution < 1.29 is 9.32 Å². The molecule has 1 atom stereocenters. The van der Waals surface area contributed by atoms with Gasteiger partial charge in [0.25, 0.3) is 5.89 Å². The summed E-state index contributed by atoms with van der Waals surface area (Å²) in [5.41, 5.74) is 3.79. The second kappa shape index (κ2) is 6.57. The molecule has 0 aliphatic carbocycles. The first-order valence-electron chi connectivity index (χ1n) is 8.48. The molecule has 0 spiro atoms. The molecule has 0 bridgehead atoms. The Labute approximate surface area is 156 Å². The van der Waals surface area contributed by atoms with E-state index in [0.717, 1.165) is 22.4 Å². The highest BCUT2D eigenvalue weighted by molar-refractivity contribution is 6.34. The van der Waals surface area contributed by atoms with Crippen LogP contribution in [0.1, 0.15) is 29.3 Å². The van der Waals surface area contributed by atoms with Crippen LogP contribution in [-0.2, 0) is 4.79 Å². The summed E-state index contributed by atoms with van der Waals surface area (Å²) in [4.78, 5) is 18.7. The Bertz CT molecular complexity index is 983. The van der Waals surface area contributed by atoms with Gasteiger partial charge in [-0.15, -0.1) is 0 Å². The molecular formula is C20H18ClN3O2. The Balaban J connectivity index is 1.58. The standard InChI is InChI=1S/C20H18ClN3O2/c1-12-4-3-5-14(8-12)20-22-19(23-26-20)15-10-18(25)24(11-15)17-7-6-13(2)9-16(17)21/h3-9,15H,10-11H2,1-2H3. The molecule has 0 radical (unpaired) electrons. The predicted molar refractivity (Wildman–Crippen MR) is 100 cm³/mol. The van der Waals surface area contributed by atoms with E-state index >= 15 is 0 Å². The number of hydrogen-bond donors (Lipinski definition) is 0. The van der Waals surface area contributed by atoms with Crippen LogP contribution in [0.3, 0.4) is 0 Å². The normalized spacial score (nSPS) is 17.1. The molecule has 1 aliphatic heterocycles. The lowest BCUT2D eigenvalue weighted by Crippen LogP contribution is -2.24. The van der Waals surface area contributed by atoms with E-state index in [1.807, 2.05) is 56.3 Å². The van der Waals surface area contributed by atoms with E-state index in [0.29, 0.717) is 29.7 Å². The van der Waals surface area contributed by atoms with Gasteiger partial charge in [0.1, 0.15) is 0 Å². The number of aromatic nitrogens is 2. The monoisotopic (exact) mass is 367 g/mol. The third kappa shape index (κ3) is 3.10. The Hall–Kier alpha value is -2.66. The minimum absolute atomic E-state index is 0.0164. The Morgan fingerprint density at radius 1 is 1.15 bits per heavy atom. The van der Waals surface area contributed by atoms with Crippen molar-refractivity contribution >= 4 is 23.2 Å². The van der Waals surface area contributed by atoms with Crippen LogP contribution in [0.15, 0.2) is 47.0 Å². The van der Waals surface area contributed by atoms with Crippen LogP contribution >= 0.6 is 11.6 Å². The summed E-state index contributed by atoms with van der Waals surface area (Å²) in [6.07, 6.45) is 0.344. The number of nitrogens with zero attached hydrogens (tertiary/aromatic N) is 3. The maximum Gasteiger partial charge on any atom is 0.257 e. The molecule has 2 heterocycles. The zero-order valence-electron chi connectivity index (χ0n) is 14.6. The summed E-state index contributed by atoms with van der Waals surface area (Å²) in [6, 6.07) is 13.6. The second-order valence-corrected chi connectivity index (χ2v) is 7.09. The smallest absolute Gasteiger partial charge is 0.257 e. The second-order valence-electron chi connectivity index (χ2n) is 6.69. The van der Waals surface area contributed by atoms with Gasteiger partial charge in [0, 0.05) is 24.4 Å². The van der Waals surface area contributed by atoms with E-state index in [1.54, 1.807) is 4.90 Å². The molecule has 26 heavy (non-hydrogen) atoms.